The van der Waals surface area contributed by atoms with E-state index < -0.39 is 0 Å². The summed E-state index contributed by atoms with van der Waals surface area (Å²) in [5, 5.41) is 19.7. The van der Waals surface area contributed by atoms with Crippen LogP contribution in [0.3, 0.4) is 0 Å². The fourth-order valence-electron chi connectivity index (χ4n) is 5.67. The molecule has 1 amide bonds. The van der Waals surface area contributed by atoms with Crippen molar-refractivity contribution in [1.29, 1.82) is 5.26 Å². The summed E-state index contributed by atoms with van der Waals surface area (Å²) in [6.07, 6.45) is 8.52. The van der Waals surface area contributed by atoms with Gasteiger partial charge in [-0.1, -0.05) is 18.2 Å². The molecule has 176 valence electrons. The summed E-state index contributed by atoms with van der Waals surface area (Å²) in [6, 6.07) is 12.7. The van der Waals surface area contributed by atoms with Gasteiger partial charge in [-0.2, -0.15) is 15.5 Å². The molecule has 3 aliphatic carbocycles. The quantitative estimate of drug-likeness (QED) is 0.560. The highest BCUT2D eigenvalue weighted by Gasteiger charge is 2.45. The first kappa shape index (κ1) is 20.8. The van der Waals surface area contributed by atoms with E-state index in [2.05, 4.69) is 32.1 Å². The predicted octanol–water partition coefficient (Wildman–Crippen LogP) is 4.28. The third-order valence-electron chi connectivity index (χ3n) is 8.05. The van der Waals surface area contributed by atoms with E-state index in [0.717, 1.165) is 78.9 Å². The Morgan fingerprint density at radius 1 is 1.03 bits per heavy atom. The molecule has 1 atom stereocenters. The number of rotatable bonds is 5. The van der Waals surface area contributed by atoms with Crippen LogP contribution in [0.2, 0.25) is 0 Å². The first-order valence-corrected chi connectivity index (χ1v) is 12.9. The average molecular weight is 465 g/mol. The maximum absolute atomic E-state index is 13.0. The Labute approximate surface area is 204 Å². The molecular formula is C28H28N6O. The van der Waals surface area contributed by atoms with Crippen molar-refractivity contribution in [2.24, 2.45) is 11.8 Å². The number of carbonyl (C=O) groups excluding carboxylic acids is 1. The van der Waals surface area contributed by atoms with Gasteiger partial charge >= 0.3 is 0 Å². The van der Waals surface area contributed by atoms with Crippen LogP contribution in [-0.2, 0) is 4.79 Å². The summed E-state index contributed by atoms with van der Waals surface area (Å²) in [5.41, 5.74) is 4.50. The molecule has 0 N–H and O–H groups in total. The highest BCUT2D eigenvalue weighted by molar-refractivity contribution is 5.95. The Morgan fingerprint density at radius 3 is 2.60 bits per heavy atom. The van der Waals surface area contributed by atoms with Gasteiger partial charge in [0.15, 0.2) is 0 Å². The van der Waals surface area contributed by atoms with Crippen molar-refractivity contribution in [3.63, 3.8) is 0 Å². The Balaban J connectivity index is 1.28. The number of piperazine rings is 1. The number of hydrogen-bond acceptors (Lipinski definition) is 6. The van der Waals surface area contributed by atoms with Crippen molar-refractivity contribution in [1.82, 2.24) is 20.1 Å². The van der Waals surface area contributed by atoms with Gasteiger partial charge < -0.3 is 9.80 Å². The first-order chi connectivity index (χ1) is 17.2. The zero-order valence-corrected chi connectivity index (χ0v) is 19.7. The van der Waals surface area contributed by atoms with Gasteiger partial charge in [0.05, 0.1) is 29.0 Å². The van der Waals surface area contributed by atoms with Gasteiger partial charge in [0.2, 0.25) is 5.91 Å². The second-order valence-corrected chi connectivity index (χ2v) is 10.6. The van der Waals surface area contributed by atoms with Crippen molar-refractivity contribution in [2.75, 3.05) is 24.5 Å². The molecule has 0 spiro atoms. The zero-order valence-electron chi connectivity index (χ0n) is 19.7. The molecule has 3 aromatic rings. The molecule has 1 aliphatic heterocycles. The van der Waals surface area contributed by atoms with Crippen LogP contribution in [0, 0.1) is 23.2 Å². The fraction of sp³-hybridized carbons (Fsp3) is 0.464. The Hall–Kier alpha value is -3.53. The lowest BCUT2D eigenvalue weighted by atomic mass is 9.97. The molecule has 0 bridgehead atoms. The van der Waals surface area contributed by atoms with E-state index in [9.17, 15) is 10.1 Å². The van der Waals surface area contributed by atoms with E-state index in [1.165, 1.54) is 12.8 Å². The van der Waals surface area contributed by atoms with Crippen LogP contribution in [0.4, 0.5) is 5.82 Å². The Morgan fingerprint density at radius 2 is 1.86 bits per heavy atom. The van der Waals surface area contributed by atoms with Crippen LogP contribution >= 0.6 is 0 Å². The summed E-state index contributed by atoms with van der Waals surface area (Å²) in [7, 11) is 0. The molecule has 4 fully saturated rings. The van der Waals surface area contributed by atoms with Crippen molar-refractivity contribution in [3.8, 4) is 17.2 Å². The zero-order chi connectivity index (χ0) is 23.5. The van der Waals surface area contributed by atoms with Crippen molar-refractivity contribution in [2.45, 2.75) is 50.5 Å². The molecule has 7 heteroatoms. The van der Waals surface area contributed by atoms with Crippen LogP contribution in [0.5, 0.6) is 0 Å². The molecule has 0 unspecified atom stereocenters. The summed E-state index contributed by atoms with van der Waals surface area (Å²) >= 11 is 0. The molecule has 4 aliphatic rings. The topological polar surface area (TPSA) is 86.0 Å². The minimum atomic E-state index is 0.239. The smallest absolute Gasteiger partial charge is 0.226 e. The molecule has 1 aromatic carbocycles. The van der Waals surface area contributed by atoms with E-state index in [1.54, 1.807) is 6.20 Å². The molecule has 3 saturated carbocycles. The van der Waals surface area contributed by atoms with Gasteiger partial charge in [0.25, 0.3) is 0 Å². The second-order valence-electron chi connectivity index (χ2n) is 10.6. The van der Waals surface area contributed by atoms with Crippen LogP contribution in [0.25, 0.3) is 22.0 Å². The number of benzene rings is 1. The summed E-state index contributed by atoms with van der Waals surface area (Å²) < 4.78 is 0. The summed E-state index contributed by atoms with van der Waals surface area (Å²) in [5.74, 6) is 2.39. The SMILES string of the molecule is N#Cc1cc(-c2cnnc3ccccc23)c(C2CC2)nc1N1CCN(C(=O)C2CC2)[C@H](C2CC2)C1. The monoisotopic (exact) mass is 464 g/mol. The average Bonchev–Trinajstić information content (AvgIpc) is 3.75. The fourth-order valence-corrected chi connectivity index (χ4v) is 5.67. The van der Waals surface area contributed by atoms with E-state index in [0.29, 0.717) is 23.3 Å². The highest BCUT2D eigenvalue weighted by Crippen LogP contribution is 2.46. The standard InChI is InChI=1S/C28H28N6O/c29-14-20-13-22(23-15-30-32-24-4-2-1-3-21(23)24)26(18-7-8-18)31-27(20)33-11-12-34(28(35)19-9-10-19)25(16-33)17-5-6-17/h1-4,13,15,17-19,25H,5-12,16H2/t25-/m0/s1. The van der Waals surface area contributed by atoms with Gasteiger partial charge in [-0.05, 0) is 56.6 Å². The molecule has 3 heterocycles. The highest BCUT2D eigenvalue weighted by atomic mass is 16.2. The largest absolute Gasteiger partial charge is 0.352 e. The molecule has 1 saturated heterocycles. The maximum atomic E-state index is 13.0. The lowest BCUT2D eigenvalue weighted by molar-refractivity contribution is -0.135. The van der Waals surface area contributed by atoms with Crippen molar-refractivity contribution < 1.29 is 4.79 Å². The number of aromatic nitrogens is 3. The van der Waals surface area contributed by atoms with E-state index in [4.69, 9.17) is 4.98 Å². The van der Waals surface area contributed by atoms with E-state index in [1.807, 2.05) is 24.3 Å². The second kappa shape index (κ2) is 8.01. The van der Waals surface area contributed by atoms with Crippen LogP contribution < -0.4 is 4.90 Å². The van der Waals surface area contributed by atoms with E-state index in [-0.39, 0.29) is 12.0 Å². The van der Waals surface area contributed by atoms with Gasteiger partial charge in [-0.25, -0.2) is 4.98 Å². The number of anilines is 1. The number of fused-ring (bicyclic) bond motifs is 1. The van der Waals surface area contributed by atoms with Crippen molar-refractivity contribution in [3.05, 3.63) is 47.8 Å². The van der Waals surface area contributed by atoms with Crippen LogP contribution in [0.15, 0.2) is 36.5 Å². The van der Waals surface area contributed by atoms with Gasteiger partial charge in [0, 0.05) is 48.0 Å². The first-order valence-electron chi connectivity index (χ1n) is 12.9. The third kappa shape index (κ3) is 3.72. The molecule has 7 rings (SSSR count). The lowest BCUT2D eigenvalue weighted by Crippen LogP contribution is -2.57. The maximum Gasteiger partial charge on any atom is 0.226 e. The minimum Gasteiger partial charge on any atom is -0.352 e. The Bertz CT molecular complexity index is 1360. The normalized spacial score (nSPS) is 22.3. The molecular weight excluding hydrogens is 436 g/mol. The number of nitrogens with zero attached hydrogens (tertiary/aromatic N) is 6. The van der Waals surface area contributed by atoms with Crippen LogP contribution in [-0.4, -0.2) is 51.7 Å². The van der Waals surface area contributed by atoms with Crippen molar-refractivity contribution >= 4 is 22.6 Å². The molecule has 2 aromatic heterocycles. The number of carbonyl (C=O) groups is 1. The summed E-state index contributed by atoms with van der Waals surface area (Å²) in [4.78, 5) is 22.6. The van der Waals surface area contributed by atoms with Gasteiger partial charge in [-0.3, -0.25) is 4.79 Å². The van der Waals surface area contributed by atoms with Gasteiger partial charge in [-0.15, -0.1) is 0 Å². The molecule has 7 nitrogen and oxygen atoms in total. The number of nitriles is 1. The number of pyridine rings is 1. The van der Waals surface area contributed by atoms with Gasteiger partial charge in [0.1, 0.15) is 11.9 Å². The minimum absolute atomic E-state index is 0.239. The van der Waals surface area contributed by atoms with Crippen LogP contribution in [0.1, 0.15) is 55.7 Å². The predicted molar refractivity (Wildman–Crippen MR) is 133 cm³/mol. The number of hydrogen-bond donors (Lipinski definition) is 0. The number of amides is 1. The molecule has 35 heavy (non-hydrogen) atoms. The summed E-state index contributed by atoms with van der Waals surface area (Å²) in [6.45, 7) is 2.23. The third-order valence-corrected chi connectivity index (χ3v) is 8.05. The van der Waals surface area contributed by atoms with E-state index >= 15 is 0 Å². The Kier molecular flexibility index (Phi) is 4.76. The molecule has 0 radical (unpaired) electrons. The lowest BCUT2D eigenvalue weighted by Gasteiger charge is -2.43.